The Balaban J connectivity index is 1.89. The Hall–Kier alpha value is -3.27. The highest BCUT2D eigenvalue weighted by atomic mass is 32.2. The number of ether oxygens (including phenoxy) is 1. The average Bonchev–Trinajstić information content (AvgIpc) is 2.93. The number of hydrogen-bond donors (Lipinski definition) is 1. The van der Waals surface area contributed by atoms with Crippen LogP contribution in [0.1, 0.15) is 27.1 Å². The smallest absolute Gasteiger partial charge is 0.262 e. The lowest BCUT2D eigenvalue weighted by molar-refractivity contribution is -0.120. The zero-order valence-corrected chi connectivity index (χ0v) is 16.6. The Bertz CT molecular complexity index is 1030. The number of aromatic nitrogens is 1. The fraction of sp³-hybridized carbons (Fsp3) is 0.263. The molecule has 1 aromatic carbocycles. The standard InChI is InChI=1S/C19H19N3O6S/c1-28-16-8-7-12(11-20-16)21-17(23)15(9-10-29(2,26)27)22-18(24)13-5-3-4-6-14(13)19(22)25/h3-8,11,15H,9-10H2,1-2H3,(H,21,23)/t15-/m0/s1. The Morgan fingerprint density at radius 2 is 1.76 bits per heavy atom. The van der Waals surface area contributed by atoms with Crippen LogP contribution >= 0.6 is 0 Å². The molecule has 0 fully saturated rings. The average molecular weight is 417 g/mol. The Morgan fingerprint density at radius 1 is 1.14 bits per heavy atom. The first kappa shape index (κ1) is 20.5. The van der Waals surface area contributed by atoms with Crippen molar-refractivity contribution in [2.45, 2.75) is 12.5 Å². The van der Waals surface area contributed by atoms with Crippen molar-refractivity contribution in [2.24, 2.45) is 0 Å². The fourth-order valence-electron chi connectivity index (χ4n) is 2.99. The molecule has 0 spiro atoms. The fourth-order valence-corrected chi connectivity index (χ4v) is 3.65. The quantitative estimate of drug-likeness (QED) is 0.670. The van der Waals surface area contributed by atoms with Crippen LogP contribution in [0, 0.1) is 0 Å². The molecule has 29 heavy (non-hydrogen) atoms. The van der Waals surface area contributed by atoms with Crippen molar-refractivity contribution in [1.29, 1.82) is 0 Å². The van der Waals surface area contributed by atoms with E-state index in [0.29, 0.717) is 11.6 Å². The van der Waals surface area contributed by atoms with Crippen LogP contribution in [-0.4, -0.2) is 61.2 Å². The Morgan fingerprint density at radius 3 is 2.24 bits per heavy atom. The number of methoxy groups -OCH3 is 1. The van der Waals surface area contributed by atoms with Crippen LogP contribution in [0.15, 0.2) is 42.6 Å². The molecule has 1 N–H and O–H groups in total. The van der Waals surface area contributed by atoms with Gasteiger partial charge in [0.25, 0.3) is 11.8 Å². The number of amides is 3. The number of anilines is 1. The SMILES string of the molecule is COc1ccc(NC(=O)[C@H](CCS(C)(=O)=O)N2C(=O)c3ccccc3C2=O)cn1. The van der Waals surface area contributed by atoms with Gasteiger partial charge in [-0.2, -0.15) is 0 Å². The lowest BCUT2D eigenvalue weighted by Crippen LogP contribution is -2.48. The molecular formula is C19H19N3O6S. The highest BCUT2D eigenvalue weighted by Gasteiger charge is 2.42. The summed E-state index contributed by atoms with van der Waals surface area (Å²) >= 11 is 0. The first-order valence-electron chi connectivity index (χ1n) is 8.67. The Kier molecular flexibility index (Phi) is 5.64. The minimum absolute atomic E-state index is 0.181. The van der Waals surface area contributed by atoms with E-state index >= 15 is 0 Å². The number of carbonyl (C=O) groups is 3. The van der Waals surface area contributed by atoms with E-state index < -0.39 is 33.6 Å². The van der Waals surface area contributed by atoms with Gasteiger partial charge >= 0.3 is 0 Å². The lowest BCUT2D eigenvalue weighted by atomic mass is 10.1. The molecule has 1 aromatic heterocycles. The zero-order chi connectivity index (χ0) is 21.2. The van der Waals surface area contributed by atoms with E-state index in [-0.39, 0.29) is 23.3 Å². The van der Waals surface area contributed by atoms with Crippen LogP contribution in [0.5, 0.6) is 5.88 Å². The highest BCUT2D eigenvalue weighted by Crippen LogP contribution is 2.26. The van der Waals surface area contributed by atoms with E-state index in [2.05, 4.69) is 10.3 Å². The second-order valence-corrected chi connectivity index (χ2v) is 8.80. The maximum atomic E-state index is 12.9. The molecule has 1 aliphatic heterocycles. The number of nitrogens with one attached hydrogen (secondary N) is 1. The van der Waals surface area contributed by atoms with Crippen LogP contribution < -0.4 is 10.1 Å². The van der Waals surface area contributed by atoms with Gasteiger partial charge in [0.2, 0.25) is 11.8 Å². The number of fused-ring (bicyclic) bond motifs is 1. The number of pyridine rings is 1. The van der Waals surface area contributed by atoms with Gasteiger partial charge in [-0.25, -0.2) is 13.4 Å². The Labute approximate surface area is 167 Å². The predicted molar refractivity (Wildman–Crippen MR) is 104 cm³/mol. The monoisotopic (exact) mass is 417 g/mol. The molecule has 3 amide bonds. The minimum Gasteiger partial charge on any atom is -0.481 e. The number of sulfone groups is 1. The van der Waals surface area contributed by atoms with Gasteiger partial charge < -0.3 is 10.1 Å². The number of rotatable bonds is 7. The minimum atomic E-state index is -3.42. The summed E-state index contributed by atoms with van der Waals surface area (Å²) < 4.78 is 28.2. The molecule has 0 bridgehead atoms. The van der Waals surface area contributed by atoms with Gasteiger partial charge in [-0.3, -0.25) is 19.3 Å². The van der Waals surface area contributed by atoms with E-state index in [9.17, 15) is 22.8 Å². The third-order valence-corrected chi connectivity index (χ3v) is 5.39. The summed E-state index contributed by atoms with van der Waals surface area (Å²) in [5.74, 6) is -1.97. The molecule has 152 valence electrons. The summed E-state index contributed by atoms with van der Waals surface area (Å²) in [5.41, 5.74) is 0.679. The topological polar surface area (TPSA) is 123 Å². The third kappa shape index (κ3) is 4.43. The number of nitrogens with zero attached hydrogens (tertiary/aromatic N) is 2. The highest BCUT2D eigenvalue weighted by molar-refractivity contribution is 7.90. The van der Waals surface area contributed by atoms with Crippen LogP contribution in [0.25, 0.3) is 0 Å². The van der Waals surface area contributed by atoms with E-state index in [0.717, 1.165) is 11.2 Å². The summed E-state index contributed by atoms with van der Waals surface area (Å²) in [4.78, 5) is 43.2. The van der Waals surface area contributed by atoms with E-state index in [4.69, 9.17) is 4.74 Å². The number of carbonyl (C=O) groups excluding carboxylic acids is 3. The molecule has 0 unspecified atom stereocenters. The van der Waals surface area contributed by atoms with Gasteiger partial charge in [-0.1, -0.05) is 12.1 Å². The molecule has 0 saturated carbocycles. The molecular weight excluding hydrogens is 398 g/mol. The van der Waals surface area contributed by atoms with E-state index in [1.165, 1.54) is 31.5 Å². The summed E-state index contributed by atoms with van der Waals surface area (Å²) in [5, 5.41) is 2.58. The van der Waals surface area contributed by atoms with Crippen molar-refractivity contribution >= 4 is 33.2 Å². The molecule has 10 heteroatoms. The predicted octanol–water partition coefficient (Wildman–Crippen LogP) is 1.13. The third-order valence-electron chi connectivity index (χ3n) is 4.41. The van der Waals surface area contributed by atoms with Crippen LogP contribution in [0.4, 0.5) is 5.69 Å². The van der Waals surface area contributed by atoms with Crippen molar-refractivity contribution in [3.8, 4) is 5.88 Å². The molecule has 3 rings (SSSR count). The van der Waals surface area contributed by atoms with Crippen LogP contribution in [0.3, 0.4) is 0 Å². The van der Waals surface area contributed by atoms with E-state index in [1.807, 2.05) is 0 Å². The van der Waals surface area contributed by atoms with Gasteiger partial charge in [0.1, 0.15) is 15.9 Å². The van der Waals surface area contributed by atoms with Crippen molar-refractivity contribution in [1.82, 2.24) is 9.88 Å². The van der Waals surface area contributed by atoms with Crippen LogP contribution in [-0.2, 0) is 14.6 Å². The molecule has 2 heterocycles. The van der Waals surface area contributed by atoms with Gasteiger partial charge in [0.15, 0.2) is 0 Å². The molecule has 0 saturated heterocycles. The molecule has 1 atom stereocenters. The van der Waals surface area contributed by atoms with Crippen LogP contribution in [0.2, 0.25) is 0 Å². The summed E-state index contributed by atoms with van der Waals surface area (Å²) in [6.45, 7) is 0. The molecule has 0 aliphatic carbocycles. The second-order valence-electron chi connectivity index (χ2n) is 6.54. The second kappa shape index (κ2) is 8.00. The number of benzene rings is 1. The molecule has 0 radical (unpaired) electrons. The van der Waals surface area contributed by atoms with Gasteiger partial charge in [-0.05, 0) is 24.6 Å². The summed E-state index contributed by atoms with van der Waals surface area (Å²) in [6.07, 6.45) is 2.16. The normalized spacial score (nSPS) is 14.5. The first-order valence-corrected chi connectivity index (χ1v) is 10.7. The van der Waals surface area contributed by atoms with Gasteiger partial charge in [-0.15, -0.1) is 0 Å². The zero-order valence-electron chi connectivity index (χ0n) is 15.8. The first-order chi connectivity index (χ1) is 13.7. The van der Waals surface area contributed by atoms with E-state index in [1.54, 1.807) is 18.2 Å². The van der Waals surface area contributed by atoms with Crippen molar-refractivity contribution in [2.75, 3.05) is 24.4 Å². The lowest BCUT2D eigenvalue weighted by Gasteiger charge is -2.25. The molecule has 9 nitrogen and oxygen atoms in total. The summed E-state index contributed by atoms with van der Waals surface area (Å²) in [6, 6.07) is 8.00. The molecule has 2 aromatic rings. The van der Waals surface area contributed by atoms with Crippen molar-refractivity contribution in [3.63, 3.8) is 0 Å². The number of hydrogen-bond acceptors (Lipinski definition) is 7. The maximum Gasteiger partial charge on any atom is 0.262 e. The van der Waals surface area contributed by atoms with Crippen molar-refractivity contribution < 1.29 is 27.5 Å². The van der Waals surface area contributed by atoms with Gasteiger partial charge in [0, 0.05) is 12.3 Å². The number of imide groups is 1. The largest absolute Gasteiger partial charge is 0.481 e. The molecule has 1 aliphatic rings. The van der Waals surface area contributed by atoms with Crippen molar-refractivity contribution in [3.05, 3.63) is 53.7 Å². The van der Waals surface area contributed by atoms with Gasteiger partial charge in [0.05, 0.1) is 35.9 Å². The summed E-state index contributed by atoms with van der Waals surface area (Å²) in [7, 11) is -1.98. The maximum absolute atomic E-state index is 12.9.